The van der Waals surface area contributed by atoms with Crippen LogP contribution in [0.2, 0.25) is 0 Å². The van der Waals surface area contributed by atoms with E-state index in [9.17, 15) is 0 Å². The Hall–Kier alpha value is -0.310. The number of hydrogen-bond donors (Lipinski definition) is 0. The van der Waals surface area contributed by atoms with Gasteiger partial charge in [0.05, 0.1) is 9.16 Å². The van der Waals surface area contributed by atoms with Gasteiger partial charge in [-0.3, -0.25) is 0 Å². The molecule has 2 aromatic rings. The number of hydrogen-bond acceptors (Lipinski definition) is 1. The zero-order valence-corrected chi connectivity index (χ0v) is 13.0. The number of benzene rings is 1. The van der Waals surface area contributed by atoms with Gasteiger partial charge in [0.1, 0.15) is 0 Å². The summed E-state index contributed by atoms with van der Waals surface area (Å²) in [6, 6.07) is 10.7. The highest BCUT2D eigenvalue weighted by Crippen LogP contribution is 2.35. The third-order valence-corrected chi connectivity index (χ3v) is 5.45. The highest BCUT2D eigenvalue weighted by molar-refractivity contribution is 9.11. The van der Waals surface area contributed by atoms with Gasteiger partial charge in [0.2, 0.25) is 0 Å². The topological polar surface area (TPSA) is 0 Å². The first-order valence-corrected chi connectivity index (χ1v) is 7.56. The van der Waals surface area contributed by atoms with Crippen LogP contribution in [0.15, 0.2) is 34.1 Å². The number of halogens is 2. The molecular formula is C14H14BrClS. The molecule has 17 heavy (non-hydrogen) atoms. The number of alkyl halides is 1. The molecule has 90 valence electrons. The lowest BCUT2D eigenvalue weighted by molar-refractivity contribution is 0.937. The SMILES string of the molecule is Cc1cccc(CC(Cl)c2cc(C)c(Br)s2)c1. The van der Waals surface area contributed by atoms with Crippen LogP contribution < -0.4 is 0 Å². The summed E-state index contributed by atoms with van der Waals surface area (Å²) in [5, 5.41) is 0.0619. The Morgan fingerprint density at radius 2 is 2.06 bits per heavy atom. The number of thiophene rings is 1. The third kappa shape index (κ3) is 3.34. The summed E-state index contributed by atoms with van der Waals surface area (Å²) in [5.74, 6) is 0. The van der Waals surface area contributed by atoms with Crippen LogP contribution in [0.3, 0.4) is 0 Å². The molecule has 0 aliphatic heterocycles. The lowest BCUT2D eigenvalue weighted by Gasteiger charge is -2.07. The van der Waals surface area contributed by atoms with Crippen molar-refractivity contribution in [1.29, 1.82) is 0 Å². The van der Waals surface area contributed by atoms with Crippen LogP contribution in [0.4, 0.5) is 0 Å². The Labute approximate surface area is 120 Å². The van der Waals surface area contributed by atoms with E-state index in [1.165, 1.54) is 25.4 Å². The molecule has 0 aliphatic carbocycles. The van der Waals surface area contributed by atoms with E-state index in [1.54, 1.807) is 11.3 Å². The van der Waals surface area contributed by atoms with Crippen molar-refractivity contribution in [3.05, 3.63) is 55.7 Å². The van der Waals surface area contributed by atoms with Crippen molar-refractivity contribution < 1.29 is 0 Å². The third-order valence-electron chi connectivity index (χ3n) is 2.68. The van der Waals surface area contributed by atoms with Gasteiger partial charge in [-0.05, 0) is 53.4 Å². The summed E-state index contributed by atoms with van der Waals surface area (Å²) in [7, 11) is 0. The molecule has 1 aromatic carbocycles. The van der Waals surface area contributed by atoms with E-state index >= 15 is 0 Å². The van der Waals surface area contributed by atoms with E-state index in [1.807, 2.05) is 0 Å². The van der Waals surface area contributed by atoms with Gasteiger partial charge in [-0.25, -0.2) is 0 Å². The van der Waals surface area contributed by atoms with Crippen LogP contribution >= 0.6 is 38.9 Å². The highest BCUT2D eigenvalue weighted by atomic mass is 79.9. The maximum atomic E-state index is 6.47. The molecule has 0 fully saturated rings. The van der Waals surface area contributed by atoms with Gasteiger partial charge in [-0.15, -0.1) is 22.9 Å². The fourth-order valence-electron chi connectivity index (χ4n) is 1.78. The molecular weight excluding hydrogens is 316 g/mol. The molecule has 0 radical (unpaired) electrons. The average Bonchev–Trinajstić information content (AvgIpc) is 2.59. The van der Waals surface area contributed by atoms with E-state index in [2.05, 4.69) is 60.1 Å². The second-order valence-corrected chi connectivity index (χ2v) is 7.19. The van der Waals surface area contributed by atoms with Gasteiger partial charge in [0.25, 0.3) is 0 Å². The molecule has 1 atom stereocenters. The van der Waals surface area contributed by atoms with E-state index < -0.39 is 0 Å². The molecule has 0 saturated heterocycles. The molecule has 0 bridgehead atoms. The van der Waals surface area contributed by atoms with Crippen molar-refractivity contribution in [2.45, 2.75) is 25.6 Å². The van der Waals surface area contributed by atoms with Gasteiger partial charge < -0.3 is 0 Å². The van der Waals surface area contributed by atoms with Crippen molar-refractivity contribution >= 4 is 38.9 Å². The van der Waals surface area contributed by atoms with Crippen LogP contribution in [0.5, 0.6) is 0 Å². The fraction of sp³-hybridized carbons (Fsp3) is 0.286. The second kappa shape index (κ2) is 5.55. The van der Waals surface area contributed by atoms with E-state index in [4.69, 9.17) is 11.6 Å². The van der Waals surface area contributed by atoms with Crippen LogP contribution in [-0.2, 0) is 6.42 Å². The van der Waals surface area contributed by atoms with Gasteiger partial charge in [-0.2, -0.15) is 0 Å². The summed E-state index contributed by atoms with van der Waals surface area (Å²) in [6.45, 7) is 4.21. The largest absolute Gasteiger partial charge is 0.131 e. The molecule has 0 amide bonds. The van der Waals surface area contributed by atoms with Crippen molar-refractivity contribution in [1.82, 2.24) is 0 Å². The van der Waals surface area contributed by atoms with Crippen molar-refractivity contribution in [2.24, 2.45) is 0 Å². The molecule has 1 unspecified atom stereocenters. The Kier molecular flexibility index (Phi) is 4.29. The van der Waals surface area contributed by atoms with Crippen LogP contribution in [0.25, 0.3) is 0 Å². The van der Waals surface area contributed by atoms with Gasteiger partial charge in [0.15, 0.2) is 0 Å². The minimum absolute atomic E-state index is 0.0619. The molecule has 0 aliphatic rings. The normalized spacial score (nSPS) is 12.7. The first-order valence-electron chi connectivity index (χ1n) is 5.51. The molecule has 1 heterocycles. The Morgan fingerprint density at radius 1 is 1.29 bits per heavy atom. The maximum absolute atomic E-state index is 6.47. The van der Waals surface area contributed by atoms with Crippen LogP contribution in [0, 0.1) is 13.8 Å². The lowest BCUT2D eigenvalue weighted by atomic mass is 10.1. The van der Waals surface area contributed by atoms with E-state index in [0.29, 0.717) is 0 Å². The molecule has 3 heteroatoms. The first-order chi connectivity index (χ1) is 8.06. The van der Waals surface area contributed by atoms with Crippen LogP contribution in [0.1, 0.15) is 26.9 Å². The van der Waals surface area contributed by atoms with Crippen molar-refractivity contribution in [2.75, 3.05) is 0 Å². The quantitative estimate of drug-likeness (QED) is 0.638. The maximum Gasteiger partial charge on any atom is 0.0731 e. The summed E-state index contributed by atoms with van der Waals surface area (Å²) in [4.78, 5) is 1.23. The van der Waals surface area contributed by atoms with Gasteiger partial charge >= 0.3 is 0 Å². The van der Waals surface area contributed by atoms with Gasteiger partial charge in [-0.1, -0.05) is 29.8 Å². The Bertz CT molecular complexity index is 499. The van der Waals surface area contributed by atoms with Crippen molar-refractivity contribution in [3.8, 4) is 0 Å². The Balaban J connectivity index is 2.14. The first kappa shape index (κ1) is 13.1. The zero-order chi connectivity index (χ0) is 12.4. The molecule has 1 aromatic heterocycles. The van der Waals surface area contributed by atoms with Crippen LogP contribution in [-0.4, -0.2) is 0 Å². The van der Waals surface area contributed by atoms with E-state index in [0.717, 1.165) is 6.42 Å². The zero-order valence-electron chi connectivity index (χ0n) is 9.84. The minimum Gasteiger partial charge on any atom is -0.131 e. The predicted molar refractivity (Wildman–Crippen MR) is 80.2 cm³/mol. The second-order valence-electron chi connectivity index (χ2n) is 4.27. The lowest BCUT2D eigenvalue weighted by Crippen LogP contribution is -1.93. The molecule has 0 spiro atoms. The predicted octanol–water partition coefficient (Wildman–Crippen LogP) is 5.65. The number of rotatable bonds is 3. The Morgan fingerprint density at radius 3 is 2.65 bits per heavy atom. The minimum atomic E-state index is 0.0619. The summed E-state index contributed by atoms with van der Waals surface area (Å²) in [6.07, 6.45) is 0.885. The average molecular weight is 330 g/mol. The van der Waals surface area contributed by atoms with E-state index in [-0.39, 0.29) is 5.38 Å². The highest BCUT2D eigenvalue weighted by Gasteiger charge is 2.13. The molecule has 0 nitrogen and oxygen atoms in total. The summed E-state index contributed by atoms with van der Waals surface area (Å²) >= 11 is 11.7. The summed E-state index contributed by atoms with van der Waals surface area (Å²) < 4.78 is 1.18. The monoisotopic (exact) mass is 328 g/mol. The summed E-state index contributed by atoms with van der Waals surface area (Å²) in [5.41, 5.74) is 3.85. The fourth-order valence-corrected chi connectivity index (χ4v) is 3.71. The standard InChI is InChI=1S/C14H14BrClS/c1-9-4-3-5-11(6-9)8-12(16)13-7-10(2)14(15)17-13/h3-7,12H,8H2,1-2H3. The van der Waals surface area contributed by atoms with Gasteiger partial charge in [0, 0.05) is 4.88 Å². The molecule has 0 saturated carbocycles. The molecule has 2 rings (SSSR count). The smallest absolute Gasteiger partial charge is 0.0731 e. The van der Waals surface area contributed by atoms with Crippen molar-refractivity contribution in [3.63, 3.8) is 0 Å². The number of aryl methyl sites for hydroxylation is 2. The molecule has 0 N–H and O–H groups in total.